The summed E-state index contributed by atoms with van der Waals surface area (Å²) in [6, 6.07) is 12.8. The summed E-state index contributed by atoms with van der Waals surface area (Å²) in [7, 11) is 1.67. The van der Waals surface area contributed by atoms with Crippen LogP contribution in [0, 0.1) is 17.0 Å². The van der Waals surface area contributed by atoms with E-state index in [9.17, 15) is 10.1 Å². The number of aryl methyl sites for hydroxylation is 1. The van der Waals surface area contributed by atoms with Gasteiger partial charge in [-0.3, -0.25) is 15.1 Å². The van der Waals surface area contributed by atoms with Crippen molar-refractivity contribution >= 4 is 35.6 Å². The minimum atomic E-state index is -0.378. The number of nitro benzene ring substituents is 1. The number of nitrogens with one attached hydrogen (secondary N) is 2. The second kappa shape index (κ2) is 12.5. The van der Waals surface area contributed by atoms with Crippen molar-refractivity contribution in [3.8, 4) is 5.75 Å². The highest BCUT2D eigenvalue weighted by molar-refractivity contribution is 14.0. The molecular formula is C22H29IN4O4. The van der Waals surface area contributed by atoms with Gasteiger partial charge in [-0.1, -0.05) is 30.3 Å². The molecule has 0 amide bonds. The zero-order valence-corrected chi connectivity index (χ0v) is 20.1. The Hall–Kier alpha value is -2.40. The molecule has 1 unspecified atom stereocenters. The number of guanidine groups is 1. The van der Waals surface area contributed by atoms with Crippen LogP contribution < -0.4 is 15.4 Å². The third-order valence-corrected chi connectivity index (χ3v) is 4.98. The van der Waals surface area contributed by atoms with E-state index < -0.39 is 0 Å². The van der Waals surface area contributed by atoms with Gasteiger partial charge in [-0.25, -0.2) is 0 Å². The second-order valence-electron chi connectivity index (χ2n) is 7.22. The van der Waals surface area contributed by atoms with Crippen LogP contribution in [0.5, 0.6) is 5.75 Å². The molecule has 31 heavy (non-hydrogen) atoms. The highest BCUT2D eigenvalue weighted by Crippen LogP contribution is 2.22. The summed E-state index contributed by atoms with van der Waals surface area (Å²) in [5, 5.41) is 17.6. The molecular weight excluding hydrogens is 511 g/mol. The van der Waals surface area contributed by atoms with Crippen molar-refractivity contribution in [1.82, 2.24) is 10.6 Å². The molecule has 8 nitrogen and oxygen atoms in total. The Morgan fingerprint density at radius 1 is 1.23 bits per heavy atom. The SMILES string of the molecule is CN=C(NCc1ccc(C)cc1OCC1CCCO1)NCc1ccccc1[N+](=O)[O-].I. The molecule has 9 heteroatoms. The molecule has 0 aliphatic carbocycles. The maximum Gasteiger partial charge on any atom is 0.274 e. The lowest BCUT2D eigenvalue weighted by Crippen LogP contribution is -2.36. The lowest BCUT2D eigenvalue weighted by molar-refractivity contribution is -0.385. The Morgan fingerprint density at radius 3 is 2.65 bits per heavy atom. The number of hydrogen-bond donors (Lipinski definition) is 2. The first-order valence-corrected chi connectivity index (χ1v) is 10.1. The first-order valence-electron chi connectivity index (χ1n) is 10.1. The van der Waals surface area contributed by atoms with E-state index in [2.05, 4.69) is 15.6 Å². The van der Waals surface area contributed by atoms with E-state index in [-0.39, 0.29) is 40.7 Å². The molecule has 0 spiro atoms. The van der Waals surface area contributed by atoms with Gasteiger partial charge in [0.15, 0.2) is 5.96 Å². The standard InChI is InChI=1S/C22H28N4O4.HI/c1-16-9-10-18(21(12-16)30-15-19-7-5-11-29-19)14-25-22(23-2)24-13-17-6-3-4-8-20(17)26(27)28;/h3-4,6,8-10,12,19H,5,7,11,13-15H2,1-2H3,(H2,23,24,25);1H. The summed E-state index contributed by atoms with van der Waals surface area (Å²) in [4.78, 5) is 15.0. The third-order valence-electron chi connectivity index (χ3n) is 4.98. The Bertz CT molecular complexity index is 901. The van der Waals surface area contributed by atoms with Crippen LogP contribution >= 0.6 is 24.0 Å². The van der Waals surface area contributed by atoms with E-state index in [1.807, 2.05) is 25.1 Å². The molecule has 2 N–H and O–H groups in total. The summed E-state index contributed by atoms with van der Waals surface area (Å²) in [5.41, 5.74) is 2.82. The van der Waals surface area contributed by atoms with Crippen LogP contribution in [0.15, 0.2) is 47.5 Å². The number of hydrogen-bond acceptors (Lipinski definition) is 5. The summed E-state index contributed by atoms with van der Waals surface area (Å²) in [5.74, 6) is 1.38. The van der Waals surface area contributed by atoms with Gasteiger partial charge in [-0.15, -0.1) is 24.0 Å². The quantitative estimate of drug-likeness (QED) is 0.173. The fourth-order valence-corrected chi connectivity index (χ4v) is 3.32. The zero-order valence-electron chi connectivity index (χ0n) is 17.8. The number of benzene rings is 2. The fourth-order valence-electron chi connectivity index (χ4n) is 3.32. The van der Waals surface area contributed by atoms with Crippen molar-refractivity contribution in [3.63, 3.8) is 0 Å². The predicted molar refractivity (Wildman–Crippen MR) is 131 cm³/mol. The van der Waals surface area contributed by atoms with Crippen molar-refractivity contribution < 1.29 is 14.4 Å². The van der Waals surface area contributed by atoms with E-state index in [0.717, 1.165) is 36.3 Å². The molecule has 1 heterocycles. The van der Waals surface area contributed by atoms with E-state index in [1.165, 1.54) is 6.07 Å². The molecule has 1 saturated heterocycles. The van der Waals surface area contributed by atoms with Crippen molar-refractivity contribution in [2.75, 3.05) is 20.3 Å². The largest absolute Gasteiger partial charge is 0.491 e. The van der Waals surface area contributed by atoms with Gasteiger partial charge in [0.05, 0.1) is 11.0 Å². The van der Waals surface area contributed by atoms with Crippen molar-refractivity contribution in [2.45, 2.75) is 39.0 Å². The molecule has 2 aromatic carbocycles. The summed E-state index contributed by atoms with van der Waals surface area (Å²) in [6.45, 7) is 4.19. The number of rotatable bonds is 8. The molecule has 1 aliphatic rings. The van der Waals surface area contributed by atoms with Crippen LogP contribution in [0.2, 0.25) is 0 Å². The monoisotopic (exact) mass is 540 g/mol. The molecule has 2 aromatic rings. The van der Waals surface area contributed by atoms with Gasteiger partial charge in [-0.2, -0.15) is 0 Å². The van der Waals surface area contributed by atoms with Crippen LogP contribution in [0.25, 0.3) is 0 Å². The molecule has 0 radical (unpaired) electrons. The van der Waals surface area contributed by atoms with Crippen molar-refractivity contribution in [1.29, 1.82) is 0 Å². The lowest BCUT2D eigenvalue weighted by Gasteiger charge is -2.17. The van der Waals surface area contributed by atoms with Crippen molar-refractivity contribution in [3.05, 3.63) is 69.3 Å². The highest BCUT2D eigenvalue weighted by atomic mass is 127. The molecule has 1 fully saturated rings. The predicted octanol–water partition coefficient (Wildman–Crippen LogP) is 3.94. The Morgan fingerprint density at radius 2 is 1.97 bits per heavy atom. The van der Waals surface area contributed by atoms with Gasteiger partial charge in [0.25, 0.3) is 5.69 Å². The first kappa shape index (κ1) is 24.9. The van der Waals surface area contributed by atoms with Crippen LogP contribution in [0.3, 0.4) is 0 Å². The maximum atomic E-state index is 11.2. The van der Waals surface area contributed by atoms with Crippen LogP contribution in [-0.2, 0) is 17.8 Å². The van der Waals surface area contributed by atoms with Gasteiger partial charge < -0.3 is 20.1 Å². The fraction of sp³-hybridized carbons (Fsp3) is 0.409. The number of nitrogens with zero attached hydrogens (tertiary/aromatic N) is 2. The number of ether oxygens (including phenoxy) is 2. The topological polar surface area (TPSA) is 98.0 Å². The van der Waals surface area contributed by atoms with Gasteiger partial charge in [0, 0.05) is 43.9 Å². The van der Waals surface area contributed by atoms with Gasteiger partial charge >= 0.3 is 0 Å². The number of halogens is 1. The number of nitro groups is 1. The maximum absolute atomic E-state index is 11.2. The molecule has 3 rings (SSSR count). The Balaban J connectivity index is 0.00000341. The lowest BCUT2D eigenvalue weighted by atomic mass is 10.1. The minimum absolute atomic E-state index is 0. The molecule has 0 aromatic heterocycles. The summed E-state index contributed by atoms with van der Waals surface area (Å²) < 4.78 is 11.7. The molecule has 0 saturated carbocycles. The van der Waals surface area contributed by atoms with Gasteiger partial charge in [0.1, 0.15) is 12.4 Å². The van der Waals surface area contributed by atoms with Gasteiger partial charge in [-0.05, 0) is 31.4 Å². The average Bonchev–Trinajstić information content (AvgIpc) is 3.27. The highest BCUT2D eigenvalue weighted by Gasteiger charge is 2.17. The normalized spacial score (nSPS) is 15.8. The van der Waals surface area contributed by atoms with Crippen molar-refractivity contribution in [2.24, 2.45) is 4.99 Å². The van der Waals surface area contributed by atoms with E-state index in [1.54, 1.807) is 25.2 Å². The zero-order chi connectivity index (χ0) is 21.3. The van der Waals surface area contributed by atoms with Crippen LogP contribution in [0.4, 0.5) is 5.69 Å². The third kappa shape index (κ3) is 7.35. The smallest absolute Gasteiger partial charge is 0.274 e. The van der Waals surface area contributed by atoms with Crippen LogP contribution in [-0.4, -0.2) is 37.2 Å². The van der Waals surface area contributed by atoms with Gasteiger partial charge in [0.2, 0.25) is 0 Å². The summed E-state index contributed by atoms with van der Waals surface area (Å²) >= 11 is 0. The Kier molecular flexibility index (Phi) is 9.99. The minimum Gasteiger partial charge on any atom is -0.491 e. The number of para-hydroxylation sites is 1. The van der Waals surface area contributed by atoms with E-state index in [0.29, 0.717) is 31.2 Å². The average molecular weight is 540 g/mol. The Labute approximate surface area is 199 Å². The first-order chi connectivity index (χ1) is 14.6. The summed E-state index contributed by atoms with van der Waals surface area (Å²) in [6.07, 6.45) is 2.27. The number of aliphatic imine (C=N–C) groups is 1. The van der Waals surface area contributed by atoms with E-state index >= 15 is 0 Å². The van der Waals surface area contributed by atoms with E-state index in [4.69, 9.17) is 9.47 Å². The molecule has 168 valence electrons. The second-order valence-corrected chi connectivity index (χ2v) is 7.22. The van der Waals surface area contributed by atoms with Crippen LogP contribution in [0.1, 0.15) is 29.5 Å². The molecule has 1 atom stereocenters. The molecule has 1 aliphatic heterocycles. The molecule has 0 bridgehead atoms.